The maximum Gasteiger partial charge on any atom is 0.341 e. The molecule has 1 aliphatic rings. The van der Waals surface area contributed by atoms with Crippen LogP contribution in [0.5, 0.6) is 5.75 Å². The third kappa shape index (κ3) is 5.49. The fourth-order valence-electron chi connectivity index (χ4n) is 3.14. The molecule has 1 aliphatic carbocycles. The average molecular weight is 475 g/mol. The van der Waals surface area contributed by atoms with Crippen LogP contribution < -0.4 is 15.4 Å². The number of carbonyl (C=O) groups is 1. The van der Waals surface area contributed by atoms with Gasteiger partial charge in [0.25, 0.3) is 0 Å². The number of rotatable bonds is 7. The highest BCUT2D eigenvalue weighted by atomic mass is 127. The van der Waals surface area contributed by atoms with Crippen molar-refractivity contribution in [3.05, 3.63) is 29.3 Å². The molecule has 0 radical (unpaired) electrons. The minimum Gasteiger partial charge on any atom is -0.496 e. The Labute approximate surface area is 173 Å². The molecule has 26 heavy (non-hydrogen) atoms. The van der Waals surface area contributed by atoms with Gasteiger partial charge in [0.05, 0.1) is 14.2 Å². The predicted octanol–water partition coefficient (Wildman–Crippen LogP) is 3.35. The first-order valence-corrected chi connectivity index (χ1v) is 8.77. The Bertz CT molecular complexity index is 625. The second kappa shape index (κ2) is 10.6. The number of guanidine groups is 1. The smallest absolute Gasteiger partial charge is 0.341 e. The SMILES string of the molecule is CCC1(CNC(=NC)NCc2ccc(OC)c(C(=O)OC)c2)CCC1.I. The van der Waals surface area contributed by atoms with Gasteiger partial charge in [0.15, 0.2) is 5.96 Å². The number of esters is 1. The lowest BCUT2D eigenvalue weighted by Crippen LogP contribution is -2.46. The predicted molar refractivity (Wildman–Crippen MR) is 115 cm³/mol. The summed E-state index contributed by atoms with van der Waals surface area (Å²) in [6.07, 6.45) is 5.09. The maximum absolute atomic E-state index is 11.9. The van der Waals surface area contributed by atoms with E-state index in [4.69, 9.17) is 9.47 Å². The molecule has 0 aliphatic heterocycles. The highest BCUT2D eigenvalue weighted by molar-refractivity contribution is 14.0. The van der Waals surface area contributed by atoms with Crippen molar-refractivity contribution in [2.45, 2.75) is 39.2 Å². The zero-order valence-electron chi connectivity index (χ0n) is 16.1. The minimum absolute atomic E-state index is 0. The summed E-state index contributed by atoms with van der Waals surface area (Å²) >= 11 is 0. The standard InChI is InChI=1S/C19H29N3O3.HI/c1-5-19(9-6-10-19)13-22-18(20-2)21-12-14-7-8-16(24-3)15(11-14)17(23)25-4;/h7-8,11H,5-6,9-10,12-13H2,1-4H3,(H2,20,21,22);1H. The summed E-state index contributed by atoms with van der Waals surface area (Å²) in [5, 5.41) is 6.73. The zero-order chi connectivity index (χ0) is 18.3. The number of ether oxygens (including phenoxy) is 2. The summed E-state index contributed by atoms with van der Waals surface area (Å²) in [6, 6.07) is 5.48. The van der Waals surface area contributed by atoms with E-state index in [1.165, 1.54) is 39.9 Å². The van der Waals surface area contributed by atoms with Gasteiger partial charge in [-0.1, -0.05) is 19.4 Å². The maximum atomic E-state index is 11.9. The van der Waals surface area contributed by atoms with Crippen LogP contribution in [-0.2, 0) is 11.3 Å². The normalized spacial score (nSPS) is 15.3. The molecule has 0 saturated heterocycles. The Morgan fingerprint density at radius 1 is 1.27 bits per heavy atom. The first kappa shape index (κ1) is 22.5. The first-order valence-electron chi connectivity index (χ1n) is 8.77. The third-order valence-corrected chi connectivity index (χ3v) is 5.15. The lowest BCUT2D eigenvalue weighted by atomic mass is 9.67. The van der Waals surface area contributed by atoms with Crippen LogP contribution in [0.4, 0.5) is 0 Å². The molecule has 2 rings (SSSR count). The van der Waals surface area contributed by atoms with Crippen molar-refractivity contribution in [1.29, 1.82) is 0 Å². The number of aliphatic imine (C=N–C) groups is 1. The molecule has 2 N–H and O–H groups in total. The van der Waals surface area contributed by atoms with Gasteiger partial charge in [0.2, 0.25) is 0 Å². The number of halogens is 1. The Kier molecular flexibility index (Phi) is 9.18. The van der Waals surface area contributed by atoms with Crippen LogP contribution in [0.2, 0.25) is 0 Å². The fourth-order valence-corrected chi connectivity index (χ4v) is 3.14. The van der Waals surface area contributed by atoms with Crippen LogP contribution in [0.25, 0.3) is 0 Å². The third-order valence-electron chi connectivity index (χ3n) is 5.15. The van der Waals surface area contributed by atoms with Crippen molar-refractivity contribution in [3.8, 4) is 5.75 Å². The van der Waals surface area contributed by atoms with Crippen LogP contribution in [0.15, 0.2) is 23.2 Å². The van der Waals surface area contributed by atoms with Crippen molar-refractivity contribution >= 4 is 35.9 Å². The summed E-state index contributed by atoms with van der Waals surface area (Å²) < 4.78 is 10.0. The Morgan fingerprint density at radius 3 is 2.50 bits per heavy atom. The summed E-state index contributed by atoms with van der Waals surface area (Å²) in [4.78, 5) is 16.2. The number of nitrogens with zero attached hydrogens (tertiary/aromatic N) is 1. The molecule has 1 aromatic carbocycles. The molecule has 1 aromatic rings. The summed E-state index contributed by atoms with van der Waals surface area (Å²) in [5.74, 6) is 0.874. The van der Waals surface area contributed by atoms with Gasteiger partial charge in [-0.2, -0.15) is 0 Å². The molecule has 6 nitrogen and oxygen atoms in total. The minimum atomic E-state index is -0.406. The molecular formula is C19H30IN3O3. The van der Waals surface area contributed by atoms with Crippen molar-refractivity contribution in [3.63, 3.8) is 0 Å². The van der Waals surface area contributed by atoms with Crippen LogP contribution in [0.1, 0.15) is 48.5 Å². The Balaban J connectivity index is 0.00000338. The molecule has 0 unspecified atom stereocenters. The molecule has 1 saturated carbocycles. The second-order valence-corrected chi connectivity index (χ2v) is 6.51. The van der Waals surface area contributed by atoms with Gasteiger partial charge >= 0.3 is 5.97 Å². The Hall–Kier alpha value is -1.51. The summed E-state index contributed by atoms with van der Waals surface area (Å²) in [6.45, 7) is 3.76. The van der Waals surface area contributed by atoms with E-state index in [1.807, 2.05) is 6.07 Å². The van der Waals surface area contributed by atoms with Crippen LogP contribution >= 0.6 is 24.0 Å². The van der Waals surface area contributed by atoms with Crippen LogP contribution in [0, 0.1) is 5.41 Å². The van der Waals surface area contributed by atoms with E-state index < -0.39 is 5.97 Å². The Morgan fingerprint density at radius 2 is 2.00 bits per heavy atom. The van der Waals surface area contributed by atoms with Gasteiger partial charge in [-0.15, -0.1) is 24.0 Å². The van der Waals surface area contributed by atoms with E-state index in [1.54, 1.807) is 19.2 Å². The van der Waals surface area contributed by atoms with Gasteiger partial charge < -0.3 is 20.1 Å². The van der Waals surface area contributed by atoms with Gasteiger partial charge in [0.1, 0.15) is 11.3 Å². The van der Waals surface area contributed by atoms with E-state index in [0.29, 0.717) is 23.3 Å². The van der Waals surface area contributed by atoms with Crippen molar-refractivity contribution in [1.82, 2.24) is 10.6 Å². The zero-order valence-corrected chi connectivity index (χ0v) is 18.4. The molecule has 146 valence electrons. The number of hydrogen-bond donors (Lipinski definition) is 2. The van der Waals surface area contributed by atoms with E-state index >= 15 is 0 Å². The second-order valence-electron chi connectivity index (χ2n) is 6.51. The molecule has 1 fully saturated rings. The number of methoxy groups -OCH3 is 2. The highest BCUT2D eigenvalue weighted by Crippen LogP contribution is 2.42. The number of carbonyl (C=O) groups excluding carboxylic acids is 1. The summed E-state index contributed by atoms with van der Waals surface area (Å²) in [5.41, 5.74) is 1.81. The summed E-state index contributed by atoms with van der Waals surface area (Å²) in [7, 11) is 4.67. The number of nitrogens with one attached hydrogen (secondary N) is 2. The van der Waals surface area contributed by atoms with Crippen molar-refractivity contribution < 1.29 is 14.3 Å². The van der Waals surface area contributed by atoms with E-state index in [9.17, 15) is 4.79 Å². The molecule has 0 atom stereocenters. The average Bonchev–Trinajstić information content (AvgIpc) is 2.62. The number of hydrogen-bond acceptors (Lipinski definition) is 4. The monoisotopic (exact) mass is 475 g/mol. The molecule has 0 aromatic heterocycles. The lowest BCUT2D eigenvalue weighted by Gasteiger charge is -2.41. The van der Waals surface area contributed by atoms with Crippen LogP contribution in [-0.4, -0.2) is 39.7 Å². The van der Waals surface area contributed by atoms with Crippen molar-refractivity contribution in [2.24, 2.45) is 10.4 Å². The molecule has 0 spiro atoms. The number of benzene rings is 1. The molecule has 0 heterocycles. The van der Waals surface area contributed by atoms with Crippen molar-refractivity contribution in [2.75, 3.05) is 27.8 Å². The topological polar surface area (TPSA) is 72.0 Å². The van der Waals surface area contributed by atoms with Crippen LogP contribution in [0.3, 0.4) is 0 Å². The molecule has 0 amide bonds. The quantitative estimate of drug-likeness (QED) is 0.274. The van der Waals surface area contributed by atoms with E-state index in [0.717, 1.165) is 18.1 Å². The fraction of sp³-hybridized carbons (Fsp3) is 0.579. The largest absolute Gasteiger partial charge is 0.496 e. The van der Waals surface area contributed by atoms with Gasteiger partial charge in [-0.05, 0) is 42.4 Å². The molecule has 0 bridgehead atoms. The van der Waals surface area contributed by atoms with Gasteiger partial charge in [-0.25, -0.2) is 4.79 Å². The lowest BCUT2D eigenvalue weighted by molar-refractivity contribution is 0.0597. The first-order chi connectivity index (χ1) is 12.1. The highest BCUT2D eigenvalue weighted by Gasteiger charge is 2.34. The molecule has 7 heteroatoms. The molecular weight excluding hydrogens is 445 g/mol. The van der Waals surface area contributed by atoms with Gasteiger partial charge in [-0.3, -0.25) is 4.99 Å². The van der Waals surface area contributed by atoms with Gasteiger partial charge in [0, 0.05) is 20.1 Å². The van der Waals surface area contributed by atoms with E-state index in [2.05, 4.69) is 22.5 Å². The van der Waals surface area contributed by atoms with E-state index in [-0.39, 0.29) is 24.0 Å².